The molecule has 0 heterocycles. The topological polar surface area (TPSA) is 63.4 Å². The number of nitro groups is 1. The Balaban J connectivity index is 3.37. The molecule has 1 aromatic carbocycles. The first-order chi connectivity index (χ1) is 5.52. The van der Waals surface area contributed by atoms with Crippen LogP contribution in [0.4, 0.5) is 5.69 Å². The van der Waals surface area contributed by atoms with Crippen LogP contribution in [-0.2, 0) is 0 Å². The molecule has 0 radical (unpaired) electrons. The van der Waals surface area contributed by atoms with E-state index in [1.54, 1.807) is 6.92 Å². The zero-order valence-electron chi connectivity index (χ0n) is 6.24. The third-order valence-electron chi connectivity index (χ3n) is 1.44. The Morgan fingerprint density at radius 1 is 1.58 bits per heavy atom. The number of rotatable bonds is 1. The van der Waals surface area contributed by atoms with Gasteiger partial charge in [-0.15, -0.1) is 0 Å². The van der Waals surface area contributed by atoms with E-state index < -0.39 is 4.92 Å². The highest BCUT2D eigenvalue weighted by Crippen LogP contribution is 2.32. The zero-order chi connectivity index (χ0) is 9.30. The molecular formula is C7H6ClNO3. The quantitative estimate of drug-likeness (QED) is 0.542. The maximum atomic E-state index is 10.3. The SMILES string of the molecule is Cc1cc(Cl)cc([N+](=O)[O-])c1O. The van der Waals surface area contributed by atoms with E-state index >= 15 is 0 Å². The second-order valence-corrected chi connectivity index (χ2v) is 2.78. The molecule has 1 aromatic rings. The molecule has 12 heavy (non-hydrogen) atoms. The van der Waals surface area contributed by atoms with E-state index in [1.165, 1.54) is 6.07 Å². The van der Waals surface area contributed by atoms with E-state index in [4.69, 9.17) is 11.6 Å². The summed E-state index contributed by atoms with van der Waals surface area (Å²) < 4.78 is 0. The van der Waals surface area contributed by atoms with Gasteiger partial charge in [-0.2, -0.15) is 0 Å². The Kier molecular flexibility index (Phi) is 2.19. The van der Waals surface area contributed by atoms with Crippen LogP contribution in [0.1, 0.15) is 5.56 Å². The van der Waals surface area contributed by atoms with Crippen molar-refractivity contribution >= 4 is 17.3 Å². The van der Waals surface area contributed by atoms with Crippen molar-refractivity contribution in [3.8, 4) is 5.75 Å². The van der Waals surface area contributed by atoms with Crippen LogP contribution in [0.3, 0.4) is 0 Å². The van der Waals surface area contributed by atoms with Gasteiger partial charge in [0, 0.05) is 11.1 Å². The van der Waals surface area contributed by atoms with Crippen molar-refractivity contribution in [3.63, 3.8) is 0 Å². The molecule has 0 unspecified atom stereocenters. The van der Waals surface area contributed by atoms with Crippen LogP contribution < -0.4 is 0 Å². The van der Waals surface area contributed by atoms with Crippen molar-refractivity contribution in [1.82, 2.24) is 0 Å². The minimum absolute atomic E-state index is 0.247. The minimum Gasteiger partial charge on any atom is -0.502 e. The van der Waals surface area contributed by atoms with E-state index in [2.05, 4.69) is 0 Å². The molecule has 0 atom stereocenters. The number of phenolic OH excluding ortho intramolecular Hbond substituents is 1. The molecule has 0 bridgehead atoms. The number of aryl methyl sites for hydroxylation is 1. The standard InChI is InChI=1S/C7H6ClNO3/c1-4-2-5(8)3-6(7(4)10)9(11)12/h2-3,10H,1H3. The molecule has 0 aliphatic heterocycles. The van der Waals surface area contributed by atoms with Gasteiger partial charge in [0.2, 0.25) is 0 Å². The third kappa shape index (κ3) is 1.48. The number of aromatic hydroxyl groups is 1. The molecule has 1 rings (SSSR count). The molecular weight excluding hydrogens is 182 g/mol. The van der Waals surface area contributed by atoms with Gasteiger partial charge >= 0.3 is 5.69 Å². The van der Waals surface area contributed by atoms with Gasteiger partial charge in [-0.05, 0) is 18.6 Å². The summed E-state index contributed by atoms with van der Waals surface area (Å²) in [4.78, 5) is 9.64. The van der Waals surface area contributed by atoms with Gasteiger partial charge in [0.15, 0.2) is 5.75 Å². The third-order valence-corrected chi connectivity index (χ3v) is 1.66. The summed E-state index contributed by atoms with van der Waals surface area (Å²) in [5.74, 6) is -0.329. The molecule has 0 saturated heterocycles. The maximum Gasteiger partial charge on any atom is 0.312 e. The molecule has 0 spiro atoms. The molecule has 0 fully saturated rings. The maximum absolute atomic E-state index is 10.3. The van der Waals surface area contributed by atoms with Crippen LogP contribution >= 0.6 is 11.6 Å². The summed E-state index contributed by atoms with van der Waals surface area (Å²) >= 11 is 5.55. The van der Waals surface area contributed by atoms with E-state index in [9.17, 15) is 15.2 Å². The van der Waals surface area contributed by atoms with Gasteiger partial charge in [0.1, 0.15) is 0 Å². The second kappa shape index (κ2) is 2.98. The number of hydrogen-bond acceptors (Lipinski definition) is 3. The average molecular weight is 188 g/mol. The summed E-state index contributed by atoms with van der Waals surface area (Å²) in [6.07, 6.45) is 0. The summed E-state index contributed by atoms with van der Waals surface area (Å²) in [6.45, 7) is 1.55. The summed E-state index contributed by atoms with van der Waals surface area (Å²) in [6, 6.07) is 2.58. The van der Waals surface area contributed by atoms with Crippen molar-refractivity contribution < 1.29 is 10.0 Å². The Morgan fingerprint density at radius 2 is 2.17 bits per heavy atom. The van der Waals surface area contributed by atoms with Gasteiger partial charge < -0.3 is 5.11 Å². The predicted molar refractivity (Wildman–Crippen MR) is 44.5 cm³/mol. The van der Waals surface area contributed by atoms with Crippen molar-refractivity contribution in [2.45, 2.75) is 6.92 Å². The van der Waals surface area contributed by atoms with E-state index in [0.717, 1.165) is 6.07 Å². The monoisotopic (exact) mass is 187 g/mol. The lowest BCUT2D eigenvalue weighted by Crippen LogP contribution is -1.89. The molecule has 0 amide bonds. The van der Waals surface area contributed by atoms with Crippen LogP contribution in [0, 0.1) is 17.0 Å². The van der Waals surface area contributed by atoms with Gasteiger partial charge in [-0.1, -0.05) is 11.6 Å². The highest BCUT2D eigenvalue weighted by atomic mass is 35.5. The molecule has 64 valence electrons. The summed E-state index contributed by atoms with van der Waals surface area (Å²) in [5, 5.41) is 19.8. The highest BCUT2D eigenvalue weighted by Gasteiger charge is 2.15. The Bertz CT molecular complexity index is 338. The predicted octanol–water partition coefficient (Wildman–Crippen LogP) is 2.26. The molecule has 0 saturated carbocycles. The van der Waals surface area contributed by atoms with E-state index in [0.29, 0.717) is 5.56 Å². The first kappa shape index (κ1) is 8.80. The minimum atomic E-state index is -0.672. The van der Waals surface area contributed by atoms with Gasteiger partial charge in [-0.3, -0.25) is 10.1 Å². The highest BCUT2D eigenvalue weighted by molar-refractivity contribution is 6.30. The molecule has 5 heteroatoms. The fraction of sp³-hybridized carbons (Fsp3) is 0.143. The lowest BCUT2D eigenvalue weighted by atomic mass is 10.2. The van der Waals surface area contributed by atoms with Crippen molar-refractivity contribution in [2.24, 2.45) is 0 Å². The zero-order valence-corrected chi connectivity index (χ0v) is 7.00. The Hall–Kier alpha value is -1.29. The van der Waals surface area contributed by atoms with Crippen molar-refractivity contribution in [1.29, 1.82) is 0 Å². The molecule has 1 N–H and O–H groups in total. The number of nitro benzene ring substituents is 1. The fourth-order valence-corrected chi connectivity index (χ4v) is 1.12. The van der Waals surface area contributed by atoms with E-state index in [1.807, 2.05) is 0 Å². The molecule has 0 aromatic heterocycles. The van der Waals surface area contributed by atoms with Gasteiger partial charge in [-0.25, -0.2) is 0 Å². The second-order valence-electron chi connectivity index (χ2n) is 2.35. The number of benzene rings is 1. The first-order valence-electron chi connectivity index (χ1n) is 3.16. The van der Waals surface area contributed by atoms with Crippen LogP contribution in [0.5, 0.6) is 5.75 Å². The summed E-state index contributed by atoms with van der Waals surface area (Å²) in [5.41, 5.74) is 0.0363. The van der Waals surface area contributed by atoms with Crippen LogP contribution in [0.25, 0.3) is 0 Å². The van der Waals surface area contributed by atoms with Crippen LogP contribution in [0.2, 0.25) is 5.02 Å². The average Bonchev–Trinajstić information content (AvgIpc) is 1.96. The van der Waals surface area contributed by atoms with E-state index in [-0.39, 0.29) is 16.5 Å². The van der Waals surface area contributed by atoms with Crippen LogP contribution in [-0.4, -0.2) is 10.0 Å². The number of nitrogens with zero attached hydrogens (tertiary/aromatic N) is 1. The largest absolute Gasteiger partial charge is 0.502 e. The smallest absolute Gasteiger partial charge is 0.312 e. The van der Waals surface area contributed by atoms with Gasteiger partial charge in [0.05, 0.1) is 4.92 Å². The van der Waals surface area contributed by atoms with Crippen LogP contribution in [0.15, 0.2) is 12.1 Å². The molecule has 4 nitrogen and oxygen atoms in total. The lowest BCUT2D eigenvalue weighted by molar-refractivity contribution is -0.385. The molecule has 0 aliphatic rings. The lowest BCUT2D eigenvalue weighted by Gasteiger charge is -1.99. The molecule has 0 aliphatic carbocycles. The normalized spacial score (nSPS) is 9.83. The van der Waals surface area contributed by atoms with Crippen molar-refractivity contribution in [3.05, 3.63) is 32.8 Å². The first-order valence-corrected chi connectivity index (χ1v) is 3.53. The summed E-state index contributed by atoms with van der Waals surface area (Å²) in [7, 11) is 0. The fourth-order valence-electron chi connectivity index (χ4n) is 0.857. The number of halogens is 1. The Morgan fingerprint density at radius 3 is 2.67 bits per heavy atom. The number of hydrogen-bond donors (Lipinski definition) is 1. The van der Waals surface area contributed by atoms with Gasteiger partial charge in [0.25, 0.3) is 0 Å². The number of phenols is 1. The van der Waals surface area contributed by atoms with Crippen molar-refractivity contribution in [2.75, 3.05) is 0 Å². The Labute approximate surface area is 73.5 Å².